The van der Waals surface area contributed by atoms with Crippen molar-refractivity contribution in [1.82, 2.24) is 10.2 Å². The minimum atomic E-state index is -0.637. The number of carbonyl (C=O) groups excluding carboxylic acids is 2. The first-order valence-electron chi connectivity index (χ1n) is 11.0. The third-order valence-corrected chi connectivity index (χ3v) is 5.89. The Bertz CT molecular complexity index is 989. The third kappa shape index (κ3) is 5.71. The van der Waals surface area contributed by atoms with Crippen molar-refractivity contribution >= 4 is 23.4 Å². The van der Waals surface area contributed by atoms with E-state index in [1.165, 1.54) is 4.90 Å². The summed E-state index contributed by atoms with van der Waals surface area (Å²) in [6.45, 7) is 5.86. The minimum Gasteiger partial charge on any atom is -0.490 e. The molecule has 1 aliphatic rings. The van der Waals surface area contributed by atoms with Gasteiger partial charge in [0.2, 0.25) is 5.91 Å². The van der Waals surface area contributed by atoms with Crippen LogP contribution < -0.4 is 10.1 Å². The van der Waals surface area contributed by atoms with Crippen LogP contribution in [-0.4, -0.2) is 35.9 Å². The Morgan fingerprint density at radius 2 is 1.78 bits per heavy atom. The highest BCUT2D eigenvalue weighted by Gasteiger charge is 2.33. The molecular weight excluding hydrogens is 424 g/mol. The van der Waals surface area contributed by atoms with Crippen LogP contribution in [0.3, 0.4) is 0 Å². The van der Waals surface area contributed by atoms with Gasteiger partial charge in [-0.15, -0.1) is 0 Å². The maximum absolute atomic E-state index is 13.4. The van der Waals surface area contributed by atoms with Gasteiger partial charge in [-0.3, -0.25) is 9.59 Å². The SMILES string of the molecule is CC(C)[C@H]1C(=O)N[C@@H](c2cccc(Cl)c2)C/C=C/C[C@H](C)Oc2ccccc2C(=O)N1C. The number of nitrogens with one attached hydrogen (secondary N) is 1. The van der Waals surface area contributed by atoms with Crippen LogP contribution in [0.1, 0.15) is 55.6 Å². The zero-order valence-electron chi connectivity index (χ0n) is 19.0. The summed E-state index contributed by atoms with van der Waals surface area (Å²) in [7, 11) is 1.67. The number of halogens is 1. The molecule has 0 saturated carbocycles. The Morgan fingerprint density at radius 3 is 2.50 bits per heavy atom. The van der Waals surface area contributed by atoms with Crippen LogP contribution in [0.2, 0.25) is 5.02 Å². The van der Waals surface area contributed by atoms with Crippen LogP contribution in [0.25, 0.3) is 0 Å². The molecule has 0 fully saturated rings. The molecule has 2 aromatic carbocycles. The number of nitrogens with zero attached hydrogens (tertiary/aromatic N) is 1. The normalized spacial score (nSPS) is 23.7. The van der Waals surface area contributed by atoms with Crippen molar-refractivity contribution in [2.24, 2.45) is 5.92 Å². The molecule has 0 saturated heterocycles. The summed E-state index contributed by atoms with van der Waals surface area (Å²) in [5.41, 5.74) is 1.38. The lowest BCUT2D eigenvalue weighted by Crippen LogP contribution is -2.51. The quantitative estimate of drug-likeness (QED) is 0.617. The fraction of sp³-hybridized carbons (Fsp3) is 0.385. The van der Waals surface area contributed by atoms with Crippen LogP contribution in [0, 0.1) is 5.92 Å². The number of fused-ring (bicyclic) bond motifs is 1. The summed E-state index contributed by atoms with van der Waals surface area (Å²) < 4.78 is 6.09. The first-order chi connectivity index (χ1) is 15.3. The van der Waals surface area contributed by atoms with E-state index in [0.29, 0.717) is 29.2 Å². The molecule has 6 heteroatoms. The summed E-state index contributed by atoms with van der Waals surface area (Å²) in [4.78, 5) is 28.3. The van der Waals surface area contributed by atoms with E-state index < -0.39 is 6.04 Å². The average molecular weight is 455 g/mol. The maximum atomic E-state index is 13.4. The van der Waals surface area contributed by atoms with E-state index in [-0.39, 0.29) is 29.9 Å². The molecule has 3 rings (SSSR count). The fourth-order valence-corrected chi connectivity index (χ4v) is 4.23. The molecule has 3 atom stereocenters. The number of benzene rings is 2. The van der Waals surface area contributed by atoms with Gasteiger partial charge in [-0.1, -0.05) is 61.9 Å². The Morgan fingerprint density at radius 1 is 1.06 bits per heavy atom. The van der Waals surface area contributed by atoms with Crippen LogP contribution in [0.4, 0.5) is 0 Å². The predicted molar refractivity (Wildman–Crippen MR) is 128 cm³/mol. The fourth-order valence-electron chi connectivity index (χ4n) is 4.03. The Balaban J connectivity index is 2.01. The number of carbonyl (C=O) groups is 2. The Labute approximate surface area is 195 Å². The molecule has 0 bridgehead atoms. The largest absolute Gasteiger partial charge is 0.490 e. The molecule has 0 spiro atoms. The number of hydrogen-bond donors (Lipinski definition) is 1. The number of hydrogen-bond acceptors (Lipinski definition) is 3. The van der Waals surface area contributed by atoms with Crippen LogP contribution in [0.5, 0.6) is 5.75 Å². The first-order valence-corrected chi connectivity index (χ1v) is 11.4. The number of rotatable bonds is 2. The Hall–Kier alpha value is -2.79. The summed E-state index contributed by atoms with van der Waals surface area (Å²) >= 11 is 6.21. The molecule has 0 unspecified atom stereocenters. The van der Waals surface area contributed by atoms with E-state index in [1.807, 2.05) is 51.1 Å². The van der Waals surface area contributed by atoms with Gasteiger partial charge < -0.3 is 15.0 Å². The van der Waals surface area contributed by atoms with Crippen molar-refractivity contribution in [3.63, 3.8) is 0 Å². The highest BCUT2D eigenvalue weighted by molar-refractivity contribution is 6.30. The van der Waals surface area contributed by atoms with Crippen molar-refractivity contribution < 1.29 is 14.3 Å². The van der Waals surface area contributed by atoms with Crippen LogP contribution in [0.15, 0.2) is 60.7 Å². The number of para-hydroxylation sites is 1. The van der Waals surface area contributed by atoms with Crippen molar-refractivity contribution in [3.8, 4) is 5.75 Å². The molecule has 1 heterocycles. The molecule has 0 aromatic heterocycles. The van der Waals surface area contributed by atoms with Crippen molar-refractivity contribution in [1.29, 1.82) is 0 Å². The highest BCUT2D eigenvalue weighted by Crippen LogP contribution is 2.26. The van der Waals surface area contributed by atoms with Gasteiger partial charge in [-0.25, -0.2) is 0 Å². The van der Waals surface area contributed by atoms with Crippen molar-refractivity contribution in [3.05, 3.63) is 76.8 Å². The van der Waals surface area contributed by atoms with E-state index in [2.05, 4.69) is 17.5 Å². The number of amides is 2. The lowest BCUT2D eigenvalue weighted by Gasteiger charge is -2.32. The smallest absolute Gasteiger partial charge is 0.258 e. The van der Waals surface area contributed by atoms with Gasteiger partial charge in [0.25, 0.3) is 5.91 Å². The van der Waals surface area contributed by atoms with Crippen molar-refractivity contribution in [2.75, 3.05) is 7.05 Å². The van der Waals surface area contributed by atoms with E-state index in [0.717, 1.165) is 5.56 Å². The summed E-state index contributed by atoms with van der Waals surface area (Å²) in [6.07, 6.45) is 5.30. The second-order valence-electron chi connectivity index (χ2n) is 8.59. The van der Waals surface area contributed by atoms with E-state index in [9.17, 15) is 9.59 Å². The second-order valence-corrected chi connectivity index (χ2v) is 9.02. The van der Waals surface area contributed by atoms with Gasteiger partial charge >= 0.3 is 0 Å². The lowest BCUT2D eigenvalue weighted by molar-refractivity contribution is -0.127. The first kappa shape index (κ1) is 23.9. The second kappa shape index (κ2) is 10.7. The molecule has 5 nitrogen and oxygen atoms in total. The maximum Gasteiger partial charge on any atom is 0.258 e. The zero-order chi connectivity index (χ0) is 23.3. The molecular formula is C26H31ClN2O3. The molecule has 1 aliphatic heterocycles. The van der Waals surface area contributed by atoms with Gasteiger partial charge in [0.1, 0.15) is 11.8 Å². The van der Waals surface area contributed by atoms with E-state index in [1.54, 1.807) is 25.2 Å². The third-order valence-electron chi connectivity index (χ3n) is 5.66. The van der Waals surface area contributed by atoms with Crippen LogP contribution in [-0.2, 0) is 4.79 Å². The summed E-state index contributed by atoms with van der Waals surface area (Å²) in [5.74, 6) is 0.00745. The molecule has 0 aliphatic carbocycles. The molecule has 32 heavy (non-hydrogen) atoms. The van der Waals surface area contributed by atoms with E-state index in [4.69, 9.17) is 16.3 Å². The molecule has 2 aromatic rings. The standard InChI is InChI=1S/C26H31ClN2O3/c1-17(2)24-25(30)28-22(19-11-9-12-20(27)16-19)14-7-5-10-18(3)32-23-15-8-6-13-21(23)26(31)29(24)4/h5-9,11-13,15-18,22,24H,10,14H2,1-4H3,(H,28,30)/b7-5+/t18-,22+,24-/m0/s1. The molecule has 0 radical (unpaired) electrons. The van der Waals surface area contributed by atoms with Gasteiger partial charge in [0, 0.05) is 18.5 Å². The molecule has 170 valence electrons. The zero-order valence-corrected chi connectivity index (χ0v) is 19.8. The van der Waals surface area contributed by atoms with Crippen LogP contribution >= 0.6 is 11.6 Å². The highest BCUT2D eigenvalue weighted by atomic mass is 35.5. The summed E-state index contributed by atoms with van der Waals surface area (Å²) in [6, 6.07) is 13.8. The number of ether oxygens (including phenoxy) is 1. The minimum absolute atomic E-state index is 0.0839. The van der Waals surface area contributed by atoms with Gasteiger partial charge in [-0.05, 0) is 49.1 Å². The predicted octanol–water partition coefficient (Wildman–Crippen LogP) is 5.41. The Kier molecular flexibility index (Phi) is 7.97. The topological polar surface area (TPSA) is 58.6 Å². The van der Waals surface area contributed by atoms with Crippen molar-refractivity contribution in [2.45, 2.75) is 51.8 Å². The molecule has 2 amide bonds. The summed E-state index contributed by atoms with van der Waals surface area (Å²) in [5, 5.41) is 3.78. The average Bonchev–Trinajstić information content (AvgIpc) is 2.75. The van der Waals surface area contributed by atoms with Gasteiger partial charge in [0.05, 0.1) is 17.7 Å². The lowest BCUT2D eigenvalue weighted by atomic mass is 9.98. The van der Waals surface area contributed by atoms with Gasteiger partial charge in [-0.2, -0.15) is 0 Å². The molecule has 1 N–H and O–H groups in total. The number of likely N-dealkylation sites (N-methyl/N-ethyl adjacent to an activating group) is 1. The monoisotopic (exact) mass is 454 g/mol. The van der Waals surface area contributed by atoms with E-state index >= 15 is 0 Å². The van der Waals surface area contributed by atoms with Gasteiger partial charge in [0.15, 0.2) is 0 Å².